The lowest BCUT2D eigenvalue weighted by Gasteiger charge is -2.19. The van der Waals surface area contributed by atoms with Gasteiger partial charge in [-0.15, -0.1) is 0 Å². The maximum atomic E-state index is 9.03. The Kier molecular flexibility index (Phi) is 2.90. The highest BCUT2D eigenvalue weighted by Crippen LogP contribution is 2.39. The predicted molar refractivity (Wildman–Crippen MR) is 51.5 cm³/mol. The third-order valence-corrected chi connectivity index (χ3v) is 3.70. The van der Waals surface area contributed by atoms with E-state index in [-0.39, 0.29) is 6.61 Å². The first-order chi connectivity index (χ1) is 6.42. The molecule has 3 nitrogen and oxygen atoms in total. The molecule has 2 heterocycles. The van der Waals surface area contributed by atoms with Crippen molar-refractivity contribution in [2.24, 2.45) is 0 Å². The number of aliphatic hydroxyl groups is 1. The van der Waals surface area contributed by atoms with Gasteiger partial charge in [0.25, 0.3) is 0 Å². The van der Waals surface area contributed by atoms with E-state index in [1.807, 2.05) is 11.8 Å². The van der Waals surface area contributed by atoms with E-state index in [0.29, 0.717) is 5.25 Å². The number of aliphatic hydroxyl groups excluding tert-OH is 1. The second-order valence-corrected chi connectivity index (χ2v) is 4.54. The second-order valence-electron chi connectivity index (χ2n) is 3.23. The summed E-state index contributed by atoms with van der Waals surface area (Å²) in [5, 5.41) is 13.2. The Morgan fingerprint density at radius 3 is 3.23 bits per heavy atom. The smallest absolute Gasteiger partial charge is 0.155 e. The van der Waals surface area contributed by atoms with Gasteiger partial charge in [0, 0.05) is 5.56 Å². The molecule has 0 aromatic carbocycles. The van der Waals surface area contributed by atoms with Crippen LogP contribution in [0.1, 0.15) is 35.8 Å². The van der Waals surface area contributed by atoms with E-state index in [0.717, 1.165) is 17.7 Å². The zero-order valence-electron chi connectivity index (χ0n) is 7.40. The van der Waals surface area contributed by atoms with Crippen molar-refractivity contribution in [2.45, 2.75) is 31.1 Å². The summed E-state index contributed by atoms with van der Waals surface area (Å²) in [4.78, 5) is 0. The molecular weight excluding hydrogens is 186 g/mol. The summed E-state index contributed by atoms with van der Waals surface area (Å²) in [5.41, 5.74) is 0.847. The zero-order chi connectivity index (χ0) is 9.10. The Labute approximate surface area is 81.5 Å². The first kappa shape index (κ1) is 9.09. The maximum Gasteiger partial charge on any atom is 0.155 e. The molecule has 1 fully saturated rings. The lowest BCUT2D eigenvalue weighted by atomic mass is 10.1. The minimum Gasteiger partial charge on any atom is -0.391 e. The minimum absolute atomic E-state index is 0.0376. The third-order valence-electron chi connectivity index (χ3n) is 2.32. The van der Waals surface area contributed by atoms with Crippen LogP contribution in [0, 0.1) is 0 Å². The van der Waals surface area contributed by atoms with Gasteiger partial charge < -0.3 is 9.63 Å². The van der Waals surface area contributed by atoms with Crippen molar-refractivity contribution in [3.8, 4) is 0 Å². The standard InChI is InChI=1S/C9H13NO2S/c11-6-7-5-10-12-9(7)8-3-1-2-4-13-8/h5,8,11H,1-4,6H2. The van der Waals surface area contributed by atoms with Crippen LogP contribution in [0.25, 0.3) is 0 Å². The van der Waals surface area contributed by atoms with E-state index in [2.05, 4.69) is 5.16 Å². The van der Waals surface area contributed by atoms with Crippen LogP contribution in [0.15, 0.2) is 10.7 Å². The number of hydrogen-bond acceptors (Lipinski definition) is 4. The molecule has 1 aromatic heterocycles. The summed E-state index contributed by atoms with van der Waals surface area (Å²) in [6, 6.07) is 0. The summed E-state index contributed by atoms with van der Waals surface area (Å²) in [6.45, 7) is 0.0376. The SMILES string of the molecule is OCc1cnoc1C1CCCCS1. The average Bonchev–Trinajstić information content (AvgIpc) is 2.67. The van der Waals surface area contributed by atoms with Crippen molar-refractivity contribution >= 4 is 11.8 Å². The summed E-state index contributed by atoms with van der Waals surface area (Å²) < 4.78 is 5.16. The van der Waals surface area contributed by atoms with Crippen LogP contribution in [-0.4, -0.2) is 16.0 Å². The van der Waals surface area contributed by atoms with Crippen LogP contribution >= 0.6 is 11.8 Å². The van der Waals surface area contributed by atoms with Gasteiger partial charge in [-0.1, -0.05) is 11.6 Å². The van der Waals surface area contributed by atoms with E-state index in [1.165, 1.54) is 18.6 Å². The van der Waals surface area contributed by atoms with Crippen molar-refractivity contribution in [1.29, 1.82) is 0 Å². The van der Waals surface area contributed by atoms with E-state index in [1.54, 1.807) is 6.20 Å². The van der Waals surface area contributed by atoms with Crippen LogP contribution in [-0.2, 0) is 6.61 Å². The first-order valence-corrected chi connectivity index (χ1v) is 5.62. The topological polar surface area (TPSA) is 46.3 Å². The summed E-state index contributed by atoms with van der Waals surface area (Å²) in [6.07, 6.45) is 5.31. The van der Waals surface area contributed by atoms with E-state index >= 15 is 0 Å². The van der Waals surface area contributed by atoms with Crippen LogP contribution in [0.2, 0.25) is 0 Å². The number of thioether (sulfide) groups is 1. The van der Waals surface area contributed by atoms with Gasteiger partial charge in [-0.2, -0.15) is 11.8 Å². The third kappa shape index (κ3) is 1.89. The maximum absolute atomic E-state index is 9.03. The predicted octanol–water partition coefficient (Wildman–Crippen LogP) is 2.13. The molecule has 1 saturated heterocycles. The molecular formula is C9H13NO2S. The quantitative estimate of drug-likeness (QED) is 0.792. The van der Waals surface area contributed by atoms with Gasteiger partial charge in [0.2, 0.25) is 0 Å². The van der Waals surface area contributed by atoms with Crippen molar-refractivity contribution in [2.75, 3.05) is 5.75 Å². The Morgan fingerprint density at radius 1 is 1.62 bits per heavy atom. The molecule has 1 unspecified atom stereocenters. The van der Waals surface area contributed by atoms with Crippen LogP contribution < -0.4 is 0 Å². The number of nitrogens with zero attached hydrogens (tertiary/aromatic N) is 1. The second kappa shape index (κ2) is 4.15. The van der Waals surface area contributed by atoms with Crippen molar-refractivity contribution in [3.63, 3.8) is 0 Å². The Hall–Kier alpha value is -0.480. The highest BCUT2D eigenvalue weighted by Gasteiger charge is 2.22. The Balaban J connectivity index is 2.13. The lowest BCUT2D eigenvalue weighted by Crippen LogP contribution is -2.03. The molecule has 2 rings (SSSR count). The minimum atomic E-state index is 0.0376. The first-order valence-electron chi connectivity index (χ1n) is 4.57. The van der Waals surface area contributed by atoms with E-state index in [9.17, 15) is 0 Å². The van der Waals surface area contributed by atoms with Crippen LogP contribution in [0.3, 0.4) is 0 Å². The molecule has 13 heavy (non-hydrogen) atoms. The molecule has 0 radical (unpaired) electrons. The molecule has 1 aliphatic heterocycles. The van der Waals surface area contributed by atoms with Crippen molar-refractivity contribution in [1.82, 2.24) is 5.16 Å². The Morgan fingerprint density at radius 2 is 2.54 bits per heavy atom. The van der Waals surface area contributed by atoms with Gasteiger partial charge in [-0.05, 0) is 18.6 Å². The van der Waals surface area contributed by atoms with Gasteiger partial charge in [0.05, 0.1) is 18.1 Å². The summed E-state index contributed by atoms with van der Waals surface area (Å²) >= 11 is 1.91. The molecule has 0 spiro atoms. The number of rotatable bonds is 2. The molecule has 72 valence electrons. The molecule has 1 atom stereocenters. The Bertz CT molecular complexity index is 268. The van der Waals surface area contributed by atoms with E-state index in [4.69, 9.17) is 9.63 Å². The van der Waals surface area contributed by atoms with Crippen molar-refractivity contribution in [3.05, 3.63) is 17.5 Å². The largest absolute Gasteiger partial charge is 0.391 e. The van der Waals surface area contributed by atoms with Crippen LogP contribution in [0.4, 0.5) is 0 Å². The number of hydrogen-bond donors (Lipinski definition) is 1. The summed E-state index contributed by atoms with van der Waals surface area (Å²) in [7, 11) is 0. The van der Waals surface area contributed by atoms with E-state index < -0.39 is 0 Å². The van der Waals surface area contributed by atoms with Crippen molar-refractivity contribution < 1.29 is 9.63 Å². The van der Waals surface area contributed by atoms with Gasteiger partial charge in [0.15, 0.2) is 5.76 Å². The normalized spacial score (nSPS) is 23.3. The molecule has 1 N–H and O–H groups in total. The summed E-state index contributed by atoms with van der Waals surface area (Å²) in [5.74, 6) is 2.07. The fourth-order valence-corrected chi connectivity index (χ4v) is 2.94. The molecule has 4 heteroatoms. The highest BCUT2D eigenvalue weighted by molar-refractivity contribution is 7.99. The monoisotopic (exact) mass is 199 g/mol. The fraction of sp³-hybridized carbons (Fsp3) is 0.667. The zero-order valence-corrected chi connectivity index (χ0v) is 8.22. The molecule has 1 aromatic rings. The highest BCUT2D eigenvalue weighted by atomic mass is 32.2. The lowest BCUT2D eigenvalue weighted by molar-refractivity contribution is 0.276. The average molecular weight is 199 g/mol. The van der Waals surface area contributed by atoms with Gasteiger partial charge in [-0.3, -0.25) is 0 Å². The van der Waals surface area contributed by atoms with Gasteiger partial charge in [-0.25, -0.2) is 0 Å². The molecule has 0 aliphatic carbocycles. The molecule has 0 amide bonds. The van der Waals surface area contributed by atoms with Gasteiger partial charge in [0.1, 0.15) is 0 Å². The molecule has 0 saturated carbocycles. The van der Waals surface area contributed by atoms with Gasteiger partial charge >= 0.3 is 0 Å². The molecule has 1 aliphatic rings. The number of aromatic nitrogens is 1. The molecule has 0 bridgehead atoms. The fourth-order valence-electron chi connectivity index (χ4n) is 1.60. The van der Waals surface area contributed by atoms with Crippen LogP contribution in [0.5, 0.6) is 0 Å².